The van der Waals surface area contributed by atoms with Gasteiger partial charge in [-0.3, -0.25) is 4.90 Å². The van der Waals surface area contributed by atoms with Gasteiger partial charge in [-0.2, -0.15) is 18.0 Å². The molecule has 1 atom stereocenters. The van der Waals surface area contributed by atoms with E-state index in [-0.39, 0.29) is 31.4 Å². The molecule has 1 N–H and O–H groups in total. The van der Waals surface area contributed by atoms with E-state index in [0.29, 0.717) is 26.3 Å². The second-order valence-electron chi connectivity index (χ2n) is 5.80. The summed E-state index contributed by atoms with van der Waals surface area (Å²) < 4.78 is 46.9. The minimum absolute atomic E-state index is 0.127. The van der Waals surface area contributed by atoms with Crippen LogP contribution in [0, 0.1) is 17.1 Å². The van der Waals surface area contributed by atoms with Gasteiger partial charge in [0.05, 0.1) is 19.3 Å². The summed E-state index contributed by atoms with van der Waals surface area (Å²) in [6.45, 7) is 2.79. The number of morpholine rings is 1. The molecule has 0 saturated carbocycles. The van der Waals surface area contributed by atoms with Crippen LogP contribution in [-0.2, 0) is 14.9 Å². The van der Waals surface area contributed by atoms with Gasteiger partial charge in [-0.15, -0.1) is 0 Å². The normalized spacial score (nSPS) is 17.4. The second-order valence-corrected chi connectivity index (χ2v) is 7.66. The van der Waals surface area contributed by atoms with Crippen molar-refractivity contribution in [1.29, 1.82) is 5.26 Å². The third-order valence-corrected chi connectivity index (χ3v) is 5.68. The van der Waals surface area contributed by atoms with Crippen molar-refractivity contribution in [1.82, 2.24) is 13.9 Å². The summed E-state index contributed by atoms with van der Waals surface area (Å²) in [6.07, 6.45) is 0.127. The van der Waals surface area contributed by atoms with Gasteiger partial charge < -0.3 is 4.74 Å². The lowest BCUT2D eigenvalue weighted by molar-refractivity contribution is 0.0171. The van der Waals surface area contributed by atoms with Gasteiger partial charge in [-0.25, -0.2) is 9.11 Å². The van der Waals surface area contributed by atoms with Crippen LogP contribution in [0.1, 0.15) is 18.0 Å². The first-order chi connectivity index (χ1) is 11.9. The monoisotopic (exact) mass is 370 g/mol. The van der Waals surface area contributed by atoms with Crippen LogP contribution < -0.4 is 4.72 Å². The van der Waals surface area contributed by atoms with Gasteiger partial charge in [0.25, 0.3) is 10.2 Å². The SMILES string of the molecule is CN(CCC#N)S(=O)(=O)NCC(c1ccc(F)cc1)N1CCOCC1. The van der Waals surface area contributed by atoms with E-state index in [4.69, 9.17) is 10.00 Å². The minimum atomic E-state index is -3.68. The molecule has 0 aliphatic carbocycles. The Kier molecular flexibility index (Phi) is 7.28. The topological polar surface area (TPSA) is 85.7 Å². The molecule has 1 aliphatic heterocycles. The summed E-state index contributed by atoms with van der Waals surface area (Å²) in [6, 6.07) is 7.79. The fourth-order valence-electron chi connectivity index (χ4n) is 2.65. The molecular weight excluding hydrogens is 347 g/mol. The molecule has 1 aromatic carbocycles. The van der Waals surface area contributed by atoms with Crippen molar-refractivity contribution in [3.8, 4) is 6.07 Å². The molecule has 1 unspecified atom stereocenters. The number of benzene rings is 1. The predicted molar refractivity (Wildman–Crippen MR) is 91.3 cm³/mol. The van der Waals surface area contributed by atoms with Crippen LogP contribution in [0.4, 0.5) is 4.39 Å². The fraction of sp³-hybridized carbons (Fsp3) is 0.562. The Bertz CT molecular complexity index is 684. The molecular formula is C16H23FN4O3S. The lowest BCUT2D eigenvalue weighted by Gasteiger charge is -2.35. The molecule has 1 fully saturated rings. The first-order valence-electron chi connectivity index (χ1n) is 8.09. The Balaban J connectivity index is 2.10. The van der Waals surface area contributed by atoms with Crippen molar-refractivity contribution in [2.45, 2.75) is 12.5 Å². The predicted octanol–water partition coefficient (Wildman–Crippen LogP) is 0.879. The smallest absolute Gasteiger partial charge is 0.279 e. The van der Waals surface area contributed by atoms with Gasteiger partial charge >= 0.3 is 0 Å². The summed E-state index contributed by atoms with van der Waals surface area (Å²) >= 11 is 0. The van der Waals surface area contributed by atoms with Crippen LogP contribution in [-0.4, -0.2) is 64.1 Å². The lowest BCUT2D eigenvalue weighted by Crippen LogP contribution is -2.46. The molecule has 2 rings (SSSR count). The van der Waals surface area contributed by atoms with Crippen molar-refractivity contribution in [2.75, 3.05) is 46.4 Å². The average Bonchev–Trinajstić information content (AvgIpc) is 2.62. The number of hydrogen-bond donors (Lipinski definition) is 1. The highest BCUT2D eigenvalue weighted by molar-refractivity contribution is 7.87. The minimum Gasteiger partial charge on any atom is -0.379 e. The number of rotatable bonds is 8. The van der Waals surface area contributed by atoms with E-state index in [2.05, 4.69) is 9.62 Å². The van der Waals surface area contributed by atoms with Crippen LogP contribution in [0.3, 0.4) is 0 Å². The third kappa shape index (κ3) is 5.73. The molecule has 1 aromatic rings. The number of nitrogens with one attached hydrogen (secondary N) is 1. The number of nitriles is 1. The maximum atomic E-state index is 13.2. The van der Waals surface area contributed by atoms with Crippen LogP contribution in [0.15, 0.2) is 24.3 Å². The summed E-state index contributed by atoms with van der Waals surface area (Å²) in [5.41, 5.74) is 0.839. The van der Waals surface area contributed by atoms with E-state index in [0.717, 1.165) is 9.87 Å². The maximum Gasteiger partial charge on any atom is 0.279 e. The zero-order valence-electron chi connectivity index (χ0n) is 14.2. The number of halogens is 1. The lowest BCUT2D eigenvalue weighted by atomic mass is 10.0. The van der Waals surface area contributed by atoms with Crippen LogP contribution in [0.5, 0.6) is 0 Å². The second kappa shape index (κ2) is 9.22. The quantitative estimate of drug-likeness (QED) is 0.734. The summed E-state index contributed by atoms with van der Waals surface area (Å²) in [5.74, 6) is -0.332. The average molecular weight is 370 g/mol. The molecule has 7 nitrogen and oxygen atoms in total. The van der Waals surface area contributed by atoms with E-state index in [1.165, 1.54) is 19.2 Å². The number of hydrogen-bond acceptors (Lipinski definition) is 5. The van der Waals surface area contributed by atoms with Gasteiger partial charge in [-0.05, 0) is 17.7 Å². The van der Waals surface area contributed by atoms with Crippen molar-refractivity contribution < 1.29 is 17.5 Å². The highest BCUT2D eigenvalue weighted by atomic mass is 32.2. The Hall–Kier alpha value is -1.57. The Morgan fingerprint density at radius 1 is 1.36 bits per heavy atom. The van der Waals surface area contributed by atoms with Gasteiger partial charge in [0.15, 0.2) is 0 Å². The summed E-state index contributed by atoms with van der Waals surface area (Å²) in [5, 5.41) is 8.60. The molecule has 25 heavy (non-hydrogen) atoms. The Labute approximate surface area is 148 Å². The van der Waals surface area contributed by atoms with E-state index >= 15 is 0 Å². The fourth-order valence-corrected chi connectivity index (χ4v) is 3.57. The van der Waals surface area contributed by atoms with Gasteiger partial charge in [0.2, 0.25) is 0 Å². The van der Waals surface area contributed by atoms with Gasteiger partial charge in [-0.1, -0.05) is 12.1 Å². The molecule has 0 radical (unpaired) electrons. The van der Waals surface area contributed by atoms with E-state index in [1.54, 1.807) is 12.1 Å². The van der Waals surface area contributed by atoms with Crippen LogP contribution >= 0.6 is 0 Å². The van der Waals surface area contributed by atoms with Crippen molar-refractivity contribution >= 4 is 10.2 Å². The van der Waals surface area contributed by atoms with Crippen molar-refractivity contribution in [3.63, 3.8) is 0 Å². The molecule has 138 valence electrons. The third-order valence-electron chi connectivity index (χ3n) is 4.15. The summed E-state index contributed by atoms with van der Waals surface area (Å²) in [4.78, 5) is 2.12. The maximum absolute atomic E-state index is 13.2. The molecule has 1 heterocycles. The zero-order valence-corrected chi connectivity index (χ0v) is 15.0. The van der Waals surface area contributed by atoms with Crippen molar-refractivity contribution in [3.05, 3.63) is 35.6 Å². The molecule has 0 amide bonds. The van der Waals surface area contributed by atoms with Gasteiger partial charge in [0, 0.05) is 45.7 Å². The molecule has 0 spiro atoms. The first kappa shape index (κ1) is 19.8. The largest absolute Gasteiger partial charge is 0.379 e. The zero-order chi connectivity index (χ0) is 18.3. The molecule has 1 saturated heterocycles. The van der Waals surface area contributed by atoms with E-state index < -0.39 is 10.2 Å². The van der Waals surface area contributed by atoms with Gasteiger partial charge in [0.1, 0.15) is 5.82 Å². The Morgan fingerprint density at radius 2 is 2.00 bits per heavy atom. The highest BCUT2D eigenvalue weighted by Crippen LogP contribution is 2.22. The number of ether oxygens (including phenoxy) is 1. The summed E-state index contributed by atoms with van der Waals surface area (Å²) in [7, 11) is -2.25. The first-order valence-corrected chi connectivity index (χ1v) is 9.53. The number of nitrogens with zero attached hydrogens (tertiary/aromatic N) is 3. The molecule has 0 aromatic heterocycles. The molecule has 1 aliphatic rings. The molecule has 9 heteroatoms. The van der Waals surface area contributed by atoms with E-state index in [9.17, 15) is 12.8 Å². The van der Waals surface area contributed by atoms with Crippen molar-refractivity contribution in [2.24, 2.45) is 0 Å². The van der Waals surface area contributed by atoms with Crippen LogP contribution in [0.2, 0.25) is 0 Å². The standard InChI is InChI=1S/C16H23FN4O3S/c1-20(8-2-7-18)25(22,23)19-13-16(21-9-11-24-12-10-21)14-3-5-15(17)6-4-14/h3-6,16,19H,2,8-13H2,1H3. The molecule has 0 bridgehead atoms. The Morgan fingerprint density at radius 3 is 2.60 bits per heavy atom. The van der Waals surface area contributed by atoms with E-state index in [1.807, 2.05) is 6.07 Å². The van der Waals surface area contributed by atoms with Crippen LogP contribution in [0.25, 0.3) is 0 Å². The highest BCUT2D eigenvalue weighted by Gasteiger charge is 2.25.